The molecule has 2 aliphatic heterocycles. The molecule has 0 radical (unpaired) electrons. The van der Waals surface area contributed by atoms with Crippen LogP contribution in [0, 0.1) is 0 Å². The first kappa shape index (κ1) is 67.8. The van der Waals surface area contributed by atoms with Crippen LogP contribution in [-0.2, 0) is 70.0 Å². The summed E-state index contributed by atoms with van der Waals surface area (Å²) < 4.78 is 145. The number of nitrogens with one attached hydrogen (secondary N) is 2. The maximum atomic E-state index is 13.1. The molecule has 1 amide bonds. The maximum absolute atomic E-state index is 13.1. The molecule has 12 aromatic rings. The molecule has 0 fully saturated rings. The molecule has 33 heteroatoms. The van der Waals surface area contributed by atoms with E-state index in [1.54, 1.807) is 24.3 Å². The zero-order valence-corrected chi connectivity index (χ0v) is 56.4. The quantitative estimate of drug-likeness (QED) is 0.0467. The van der Waals surface area contributed by atoms with Gasteiger partial charge >= 0.3 is 19.5 Å². The predicted octanol–water partition coefficient (Wildman–Crippen LogP) is 10.7. The van der Waals surface area contributed by atoms with Crippen molar-refractivity contribution in [3.63, 3.8) is 0 Å². The van der Waals surface area contributed by atoms with Gasteiger partial charge in [0.15, 0.2) is 0 Å². The van der Waals surface area contributed by atoms with Crippen molar-refractivity contribution in [2.75, 3.05) is 28.8 Å². The van der Waals surface area contributed by atoms with E-state index in [-0.39, 0.29) is 52.9 Å². The fraction of sp³-hybridized carbons (Fsp3) is 0.0484. The van der Waals surface area contributed by atoms with Gasteiger partial charge in [-0.3, -0.25) is 27.7 Å². The van der Waals surface area contributed by atoms with Crippen LogP contribution in [0.3, 0.4) is 0 Å². The van der Waals surface area contributed by atoms with E-state index in [2.05, 4.69) is 20.3 Å². The van der Waals surface area contributed by atoms with E-state index in [1.165, 1.54) is 30.3 Å². The second-order valence-corrected chi connectivity index (χ2v) is 28.2. The first-order valence-electron chi connectivity index (χ1n) is 27.2. The fourth-order valence-corrected chi connectivity index (χ4v) is 11.6. The first-order chi connectivity index (χ1) is 44.4. The van der Waals surface area contributed by atoms with Gasteiger partial charge in [0.2, 0.25) is 10.0 Å². The number of rotatable bonds is 8. The van der Waals surface area contributed by atoms with Gasteiger partial charge in [0.1, 0.15) is 10.6 Å². The molecule has 0 saturated heterocycles. The molecule has 0 spiro atoms. The number of hydrogen-bond acceptors (Lipinski definition) is 19. The summed E-state index contributed by atoms with van der Waals surface area (Å²) >= 11 is 0. The summed E-state index contributed by atoms with van der Waals surface area (Å²) in [7, 11) is -20.6. The summed E-state index contributed by atoms with van der Waals surface area (Å²) in [5, 5.41) is 16.0. The number of carbonyl (C=O) groups excluding carboxylic acids is 1. The Morgan fingerprint density at radius 2 is 0.800 bits per heavy atom. The zero-order valence-electron chi connectivity index (χ0n) is 49.4. The van der Waals surface area contributed by atoms with E-state index < -0.39 is 66.2 Å². The Labute approximate surface area is 553 Å². The summed E-state index contributed by atoms with van der Waals surface area (Å²) in [6, 6.07) is 53.7. The van der Waals surface area contributed by atoms with Crippen molar-refractivity contribution in [2.45, 2.75) is 9.79 Å². The maximum Gasteiger partial charge on any atom is 2.00 e. The number of azo groups is 1. The van der Waals surface area contributed by atoms with E-state index in [1.807, 2.05) is 115 Å². The summed E-state index contributed by atoms with van der Waals surface area (Å²) in [6.07, 6.45) is 2.39. The Balaban J connectivity index is 0.000000180. The molecule has 95 heavy (non-hydrogen) atoms. The molecule has 14 rings (SSSR count). The monoisotopic (exact) mass is 1420 g/mol. The van der Waals surface area contributed by atoms with Gasteiger partial charge in [-0.05, 0) is 86.9 Å². The molecule has 8 bridgehead atoms. The number of aromatic nitrogens is 8. The molecular weight excluding hydrogens is 1380 g/mol. The molecule has 0 atom stereocenters. The molecular formula is C62H46N12O15S5Zn. The number of anilines is 2. The van der Waals surface area contributed by atoms with Crippen molar-refractivity contribution in [3.05, 3.63) is 194 Å². The normalized spacial score (nSPS) is 12.1. The number of sulfonamides is 1. The van der Waals surface area contributed by atoms with Gasteiger partial charge in [0, 0.05) is 66.9 Å². The Kier molecular flexibility index (Phi) is 19.1. The second-order valence-electron chi connectivity index (χ2n) is 20.7. The zero-order chi connectivity index (χ0) is 67.1. The second kappa shape index (κ2) is 26.7. The topological polar surface area (TPSA) is 423 Å². The third kappa shape index (κ3) is 16.1. The Hall–Kier alpha value is -10.1. The molecule has 6 N–H and O–H groups in total. The molecule has 5 heterocycles. The smallest absolute Gasteiger partial charge is 0.357 e. The van der Waals surface area contributed by atoms with Crippen LogP contribution >= 0.6 is 0 Å². The van der Waals surface area contributed by atoms with Gasteiger partial charge < -0.3 is 35.2 Å². The van der Waals surface area contributed by atoms with Gasteiger partial charge in [-0.25, -0.2) is 18.4 Å². The van der Waals surface area contributed by atoms with Crippen LogP contribution in [0.15, 0.2) is 208 Å². The molecule has 0 saturated carbocycles. The Morgan fingerprint density at radius 3 is 1.21 bits per heavy atom. The van der Waals surface area contributed by atoms with Crippen molar-refractivity contribution < 1.29 is 84.6 Å². The van der Waals surface area contributed by atoms with Crippen LogP contribution in [0.5, 0.6) is 0 Å². The molecule has 0 aliphatic carbocycles. The van der Waals surface area contributed by atoms with E-state index in [9.17, 15) is 56.0 Å². The Morgan fingerprint density at radius 1 is 0.411 bits per heavy atom. The number of amides is 1. The average Bonchev–Trinajstić information content (AvgIpc) is 1.75. The van der Waals surface area contributed by atoms with E-state index in [4.69, 9.17) is 49.0 Å². The van der Waals surface area contributed by atoms with Gasteiger partial charge in [0.25, 0.3) is 46.4 Å². The van der Waals surface area contributed by atoms with Gasteiger partial charge in [0.05, 0.1) is 58.3 Å². The summed E-state index contributed by atoms with van der Waals surface area (Å²) in [6.45, 7) is 0. The third-order valence-corrected chi connectivity index (χ3v) is 16.0. The molecule has 3 aromatic heterocycles. The predicted molar refractivity (Wildman–Crippen MR) is 354 cm³/mol. The SMILES string of the molecule is CS(=O)(=O)Nc1ccc(C(=O)Nc2cc(S(=O)(=O)O)cc3cc(S(=O)(=O)O)c(N=Nc4cccc5ccccc45)cc23)cc1.CS(=O)(=O)O.CS(=O)(=O)O.[Zn+2].c1ccc2c(c1)-c1nc-2nc2[n-]c(nc3nc(nc4[n-]c(n1)c1ccccc41)-c1ccccc1-3)c1ccccc21. The largest absolute Gasteiger partial charge is 2.00 e. The van der Waals surface area contributed by atoms with Gasteiger partial charge in [-0.2, -0.15) is 33.7 Å². The van der Waals surface area contributed by atoms with Crippen molar-refractivity contribution in [1.82, 2.24) is 39.9 Å². The Bertz CT molecular complexity index is 5550. The van der Waals surface area contributed by atoms with Crippen molar-refractivity contribution in [3.8, 4) is 45.6 Å². The van der Waals surface area contributed by atoms with Gasteiger partial charge in [-0.15, -0.1) is 10.2 Å². The number of fused-ring (bicyclic) bond motifs is 22. The number of hydrogen-bond donors (Lipinski definition) is 6. The summed E-state index contributed by atoms with van der Waals surface area (Å²) in [5.74, 6) is 1.46. The van der Waals surface area contributed by atoms with Crippen LogP contribution in [0.4, 0.5) is 22.7 Å². The van der Waals surface area contributed by atoms with Crippen LogP contribution in [0.2, 0.25) is 0 Å². The number of carbonyl (C=O) groups is 1. The molecule has 0 unspecified atom stereocenters. The number of nitrogens with zero attached hydrogens (tertiary/aromatic N) is 10. The van der Waals surface area contributed by atoms with Crippen LogP contribution in [0.25, 0.3) is 111 Å². The molecule has 27 nitrogen and oxygen atoms in total. The minimum atomic E-state index is -4.92. The minimum absolute atomic E-state index is 0. The van der Waals surface area contributed by atoms with Crippen LogP contribution < -0.4 is 20.0 Å². The van der Waals surface area contributed by atoms with Crippen molar-refractivity contribution in [2.24, 2.45) is 10.2 Å². The minimum Gasteiger partial charge on any atom is -0.357 e. The van der Waals surface area contributed by atoms with Crippen LogP contribution in [0.1, 0.15) is 10.4 Å². The summed E-state index contributed by atoms with van der Waals surface area (Å²) in [4.78, 5) is 51.0. The molecule has 9 aromatic carbocycles. The van der Waals surface area contributed by atoms with Crippen molar-refractivity contribution in [1.29, 1.82) is 0 Å². The van der Waals surface area contributed by atoms with E-state index in [0.717, 1.165) is 79.0 Å². The molecule has 476 valence electrons. The van der Waals surface area contributed by atoms with E-state index in [0.29, 0.717) is 64.1 Å². The third-order valence-electron chi connectivity index (χ3n) is 13.6. The van der Waals surface area contributed by atoms with Crippen LogP contribution in [-0.4, -0.2) is 115 Å². The number of benzene rings is 9. The average molecular weight is 1420 g/mol. The van der Waals surface area contributed by atoms with Gasteiger partial charge in [-0.1, -0.05) is 133 Å². The summed E-state index contributed by atoms with van der Waals surface area (Å²) in [5.41, 5.74) is 5.96. The fourth-order valence-electron chi connectivity index (χ4n) is 9.85. The van der Waals surface area contributed by atoms with Crippen molar-refractivity contribution >= 4 is 145 Å². The first-order valence-corrected chi connectivity index (χ1v) is 35.6. The standard InChI is InChI=1S/C32H16N8.C28H22N4O9S3.2CH4O3S.Zn/c1-2-10-18-17(9-1)25-33-26(18)38-28-21-13-5-6-14-22(21)30(35-28)40-32-24-16-8-7-15-23(24)31(36-32)39-29-20-12-4-3-11-19(20)27(34-29)37-25;1-42(34,35)32-20-11-9-18(10-12-20)28(33)29-25-15-21(43(36,37)38)13-19-14-27(44(39,40)41)26(16-23(19)25)31-30-24-8-4-6-17-5-2-3-7-22(17)24;2*1-5(2,3)4;/h1-16H;2-16,32H,1H3,(H,29,33)(H,36,37,38)(H,39,40,41);2*1H3,(H,2,3,4);/q-2;;;;+2. The van der Waals surface area contributed by atoms with E-state index >= 15 is 0 Å². The molecule has 2 aliphatic rings.